The summed E-state index contributed by atoms with van der Waals surface area (Å²) in [5.74, 6) is -0.560. The highest BCUT2D eigenvalue weighted by atomic mass is 35.5. The smallest absolute Gasteiger partial charge is 0.339 e. The molecule has 0 heterocycles. The van der Waals surface area contributed by atoms with Gasteiger partial charge in [0, 0.05) is 0 Å². The number of esters is 1. The Bertz CT molecular complexity index is 576. The second-order valence-electron chi connectivity index (χ2n) is 4.31. The molecule has 98 valence electrons. The van der Waals surface area contributed by atoms with Crippen molar-refractivity contribution in [3.63, 3.8) is 0 Å². The molecule has 0 aliphatic heterocycles. The summed E-state index contributed by atoms with van der Waals surface area (Å²) in [6.07, 6.45) is 1.49. The van der Waals surface area contributed by atoms with Crippen LogP contribution in [0.15, 0.2) is 18.2 Å². The van der Waals surface area contributed by atoms with Crippen LogP contribution in [0, 0.1) is 0 Å². The highest BCUT2D eigenvalue weighted by Gasteiger charge is 2.35. The lowest BCUT2D eigenvalue weighted by Crippen LogP contribution is -2.10. The maximum absolute atomic E-state index is 11.8. The van der Waals surface area contributed by atoms with Crippen LogP contribution in [-0.2, 0) is 20.3 Å². The molecule has 1 aromatic rings. The molecule has 0 bridgehead atoms. The molecule has 2 rings (SSSR count). The highest BCUT2D eigenvalue weighted by molar-refractivity contribution is 7.91. The van der Waals surface area contributed by atoms with E-state index in [9.17, 15) is 13.2 Å². The molecule has 4 nitrogen and oxygen atoms in total. The molecular weight excluding hydrogens is 276 g/mol. The minimum Gasteiger partial charge on any atom is -0.465 e. The van der Waals surface area contributed by atoms with Crippen LogP contribution in [0.1, 0.15) is 28.8 Å². The number of sulfone groups is 1. The van der Waals surface area contributed by atoms with Gasteiger partial charge in [-0.3, -0.25) is 0 Å². The summed E-state index contributed by atoms with van der Waals surface area (Å²) in [4.78, 5) is 11.3. The summed E-state index contributed by atoms with van der Waals surface area (Å²) in [6, 6.07) is 4.59. The number of hydrogen-bond acceptors (Lipinski definition) is 4. The molecular formula is C12H13ClO4S. The van der Waals surface area contributed by atoms with Crippen molar-refractivity contribution < 1.29 is 17.9 Å². The van der Waals surface area contributed by atoms with E-state index in [2.05, 4.69) is 4.74 Å². The predicted octanol–water partition coefficient (Wildman–Crippen LogP) is 2.20. The number of halogens is 1. The fraction of sp³-hybridized carbons (Fsp3) is 0.417. The van der Waals surface area contributed by atoms with E-state index in [1.54, 1.807) is 6.07 Å². The fourth-order valence-electron chi connectivity index (χ4n) is 1.70. The third-order valence-corrected chi connectivity index (χ3v) is 5.37. The largest absolute Gasteiger partial charge is 0.465 e. The van der Waals surface area contributed by atoms with E-state index in [4.69, 9.17) is 11.6 Å². The Labute approximate surface area is 111 Å². The van der Waals surface area contributed by atoms with E-state index in [0.717, 1.165) is 12.8 Å². The lowest BCUT2D eigenvalue weighted by molar-refractivity contribution is 0.0601. The second kappa shape index (κ2) is 4.90. The first-order valence-corrected chi connectivity index (χ1v) is 7.61. The first-order chi connectivity index (χ1) is 8.44. The fourth-order valence-corrected chi connectivity index (χ4v) is 3.72. The van der Waals surface area contributed by atoms with Gasteiger partial charge in [-0.25, -0.2) is 13.2 Å². The van der Waals surface area contributed by atoms with Crippen LogP contribution in [-0.4, -0.2) is 26.7 Å². The Balaban J connectivity index is 2.21. The summed E-state index contributed by atoms with van der Waals surface area (Å²) in [5, 5.41) is 0.0157. The molecule has 1 saturated carbocycles. The lowest BCUT2D eigenvalue weighted by atomic mass is 10.1. The van der Waals surface area contributed by atoms with Crippen molar-refractivity contribution in [2.75, 3.05) is 7.11 Å². The standard InChI is InChI=1S/C12H13ClO4S/c1-17-12(14)10-5-2-8(6-11(10)13)7-18(15,16)9-3-4-9/h2,5-6,9H,3-4,7H2,1H3. The molecule has 0 N–H and O–H groups in total. The normalized spacial score (nSPS) is 15.4. The topological polar surface area (TPSA) is 60.4 Å². The Kier molecular flexibility index (Phi) is 3.64. The number of benzene rings is 1. The van der Waals surface area contributed by atoms with E-state index in [-0.39, 0.29) is 21.6 Å². The quantitative estimate of drug-likeness (QED) is 0.797. The number of hydrogen-bond donors (Lipinski definition) is 0. The molecule has 0 radical (unpaired) electrons. The van der Waals surface area contributed by atoms with Crippen molar-refractivity contribution in [1.29, 1.82) is 0 Å². The SMILES string of the molecule is COC(=O)c1ccc(CS(=O)(=O)C2CC2)cc1Cl. The zero-order valence-corrected chi connectivity index (χ0v) is 11.4. The first-order valence-electron chi connectivity index (χ1n) is 5.52. The molecule has 0 saturated heterocycles. The lowest BCUT2D eigenvalue weighted by Gasteiger charge is -2.06. The second-order valence-corrected chi connectivity index (χ2v) is 7.00. The van der Waals surface area contributed by atoms with Gasteiger partial charge in [-0.1, -0.05) is 17.7 Å². The van der Waals surface area contributed by atoms with E-state index in [1.165, 1.54) is 19.2 Å². The van der Waals surface area contributed by atoms with Crippen molar-refractivity contribution in [3.8, 4) is 0 Å². The van der Waals surface area contributed by atoms with Gasteiger partial charge < -0.3 is 4.74 Å². The number of ether oxygens (including phenoxy) is 1. The van der Waals surface area contributed by atoms with Crippen LogP contribution in [0.25, 0.3) is 0 Å². The number of carbonyl (C=O) groups is 1. The molecule has 0 amide bonds. The summed E-state index contributed by atoms with van der Waals surface area (Å²) in [7, 11) is -1.80. The monoisotopic (exact) mass is 288 g/mol. The zero-order valence-electron chi connectivity index (χ0n) is 9.85. The maximum Gasteiger partial charge on any atom is 0.339 e. The van der Waals surface area contributed by atoms with Gasteiger partial charge >= 0.3 is 5.97 Å². The van der Waals surface area contributed by atoms with Gasteiger partial charge in [-0.05, 0) is 30.5 Å². The van der Waals surface area contributed by atoms with Crippen molar-refractivity contribution >= 4 is 27.4 Å². The number of carbonyl (C=O) groups excluding carboxylic acids is 1. The highest BCUT2D eigenvalue weighted by Crippen LogP contribution is 2.31. The molecule has 18 heavy (non-hydrogen) atoms. The van der Waals surface area contributed by atoms with Crippen LogP contribution in [0.2, 0.25) is 5.02 Å². The average Bonchev–Trinajstić information content (AvgIpc) is 3.11. The van der Waals surface area contributed by atoms with Gasteiger partial charge in [0.05, 0.1) is 28.7 Å². The van der Waals surface area contributed by atoms with Gasteiger partial charge in [-0.2, -0.15) is 0 Å². The summed E-state index contributed by atoms with van der Waals surface area (Å²) < 4.78 is 28.2. The zero-order chi connectivity index (χ0) is 13.3. The molecule has 1 aliphatic carbocycles. The van der Waals surface area contributed by atoms with Crippen molar-refractivity contribution in [2.24, 2.45) is 0 Å². The molecule has 1 aliphatic rings. The van der Waals surface area contributed by atoms with E-state index in [0.29, 0.717) is 5.56 Å². The van der Waals surface area contributed by atoms with Gasteiger partial charge in [0.1, 0.15) is 0 Å². The number of methoxy groups -OCH3 is 1. The predicted molar refractivity (Wildman–Crippen MR) is 68.4 cm³/mol. The van der Waals surface area contributed by atoms with Crippen LogP contribution in [0.5, 0.6) is 0 Å². The Morgan fingerprint density at radius 1 is 1.44 bits per heavy atom. The minimum atomic E-state index is -3.07. The third kappa shape index (κ3) is 2.84. The van der Waals surface area contributed by atoms with E-state index < -0.39 is 15.8 Å². The van der Waals surface area contributed by atoms with Crippen LogP contribution in [0.4, 0.5) is 0 Å². The van der Waals surface area contributed by atoms with E-state index in [1.807, 2.05) is 0 Å². The third-order valence-electron chi connectivity index (χ3n) is 2.84. The van der Waals surface area contributed by atoms with Gasteiger partial charge in [-0.15, -0.1) is 0 Å². The Morgan fingerprint density at radius 2 is 2.11 bits per heavy atom. The van der Waals surface area contributed by atoms with Crippen LogP contribution in [0.3, 0.4) is 0 Å². The summed E-state index contributed by atoms with van der Waals surface area (Å²) in [5.41, 5.74) is 0.839. The molecule has 0 spiro atoms. The van der Waals surface area contributed by atoms with E-state index >= 15 is 0 Å². The van der Waals surface area contributed by atoms with Gasteiger partial charge in [0.25, 0.3) is 0 Å². The summed E-state index contributed by atoms with van der Waals surface area (Å²) >= 11 is 5.93. The van der Waals surface area contributed by atoms with Gasteiger partial charge in [0.2, 0.25) is 0 Å². The van der Waals surface area contributed by atoms with Crippen LogP contribution >= 0.6 is 11.6 Å². The molecule has 0 atom stereocenters. The Hall–Kier alpha value is -1.07. The summed E-state index contributed by atoms with van der Waals surface area (Å²) in [6.45, 7) is 0. The van der Waals surface area contributed by atoms with Crippen molar-refractivity contribution in [1.82, 2.24) is 0 Å². The maximum atomic E-state index is 11.8. The van der Waals surface area contributed by atoms with Crippen molar-refractivity contribution in [2.45, 2.75) is 23.8 Å². The molecule has 0 unspecified atom stereocenters. The molecule has 1 aromatic carbocycles. The van der Waals surface area contributed by atoms with Crippen LogP contribution < -0.4 is 0 Å². The molecule has 1 fully saturated rings. The number of rotatable bonds is 4. The minimum absolute atomic E-state index is 0.0289. The van der Waals surface area contributed by atoms with Crippen molar-refractivity contribution in [3.05, 3.63) is 34.3 Å². The Morgan fingerprint density at radius 3 is 2.61 bits per heavy atom. The first kappa shape index (κ1) is 13.4. The average molecular weight is 289 g/mol. The van der Waals surface area contributed by atoms with Gasteiger partial charge in [0.15, 0.2) is 9.84 Å². The molecule has 6 heteroatoms. The molecule has 0 aromatic heterocycles.